The van der Waals surface area contributed by atoms with Crippen LogP contribution in [0.1, 0.15) is 45.9 Å². The summed E-state index contributed by atoms with van der Waals surface area (Å²) in [5.41, 5.74) is 4.23. The van der Waals surface area contributed by atoms with Gasteiger partial charge in [0.25, 0.3) is 5.91 Å². The van der Waals surface area contributed by atoms with Crippen LogP contribution in [0.2, 0.25) is 0 Å². The Morgan fingerprint density at radius 3 is 2.96 bits per heavy atom. The van der Waals surface area contributed by atoms with Crippen molar-refractivity contribution in [2.45, 2.75) is 31.7 Å². The lowest BCUT2D eigenvalue weighted by Crippen LogP contribution is -2.31. The van der Waals surface area contributed by atoms with Gasteiger partial charge in [-0.25, -0.2) is 0 Å². The summed E-state index contributed by atoms with van der Waals surface area (Å²) < 4.78 is 5.35. The van der Waals surface area contributed by atoms with Crippen molar-refractivity contribution in [2.24, 2.45) is 0 Å². The normalized spacial score (nSPS) is 16.1. The smallest absolute Gasteiger partial charge is 0.251 e. The summed E-state index contributed by atoms with van der Waals surface area (Å²) in [4.78, 5) is 12.7. The molecule has 1 amide bonds. The Hall–Kier alpha value is -2.55. The monoisotopic (exact) mass is 321 g/mol. The third-order valence-electron chi connectivity index (χ3n) is 4.58. The van der Waals surface area contributed by atoms with Crippen molar-refractivity contribution >= 4 is 5.91 Å². The van der Waals surface area contributed by atoms with Gasteiger partial charge in [-0.1, -0.05) is 30.3 Å². The number of ether oxygens (including phenoxy) is 1. The predicted molar refractivity (Wildman–Crippen MR) is 96.5 cm³/mol. The van der Waals surface area contributed by atoms with Crippen molar-refractivity contribution in [3.05, 3.63) is 77.4 Å². The molecule has 0 unspecified atom stereocenters. The number of allylic oxidation sites excluding steroid dienone is 1. The third kappa shape index (κ3) is 3.35. The molecule has 0 aliphatic heterocycles. The number of hydrogen-bond acceptors (Lipinski definition) is 2. The summed E-state index contributed by atoms with van der Waals surface area (Å²) in [6.45, 7) is 3.77. The highest BCUT2D eigenvalue weighted by Gasteiger charge is 2.22. The molecule has 0 heterocycles. The number of carbonyl (C=O) groups excluding carboxylic acids is 1. The van der Waals surface area contributed by atoms with Crippen LogP contribution in [0.4, 0.5) is 0 Å². The van der Waals surface area contributed by atoms with Gasteiger partial charge in [0.15, 0.2) is 0 Å². The fourth-order valence-electron chi connectivity index (χ4n) is 3.38. The Morgan fingerprint density at radius 1 is 1.33 bits per heavy atom. The van der Waals surface area contributed by atoms with Crippen molar-refractivity contribution in [1.29, 1.82) is 0 Å². The number of amides is 1. The highest BCUT2D eigenvalue weighted by Crippen LogP contribution is 2.30. The minimum Gasteiger partial charge on any atom is -0.496 e. The Balaban J connectivity index is 1.81. The van der Waals surface area contributed by atoms with Gasteiger partial charge in [0.1, 0.15) is 5.75 Å². The fraction of sp³-hybridized carbons (Fsp3) is 0.286. The molecular weight excluding hydrogens is 298 g/mol. The molecule has 1 aliphatic carbocycles. The van der Waals surface area contributed by atoms with E-state index in [0.29, 0.717) is 12.0 Å². The molecule has 2 aromatic rings. The zero-order valence-electron chi connectivity index (χ0n) is 14.0. The summed E-state index contributed by atoms with van der Waals surface area (Å²) >= 11 is 0. The first-order valence-corrected chi connectivity index (χ1v) is 8.39. The summed E-state index contributed by atoms with van der Waals surface area (Å²) in [5.74, 6) is 0.749. The van der Waals surface area contributed by atoms with E-state index >= 15 is 0 Å². The molecular formula is C21H23NO2. The number of benzene rings is 2. The minimum absolute atomic E-state index is 0.0373. The lowest BCUT2D eigenvalue weighted by molar-refractivity contribution is 0.0932. The lowest BCUT2D eigenvalue weighted by atomic mass is 9.87. The van der Waals surface area contributed by atoms with Crippen molar-refractivity contribution < 1.29 is 9.53 Å². The highest BCUT2D eigenvalue weighted by atomic mass is 16.5. The Morgan fingerprint density at radius 2 is 2.17 bits per heavy atom. The van der Waals surface area contributed by atoms with Crippen LogP contribution >= 0.6 is 0 Å². The maximum Gasteiger partial charge on any atom is 0.251 e. The SMILES string of the molecule is C=CCc1cc(C(=O)N[C@H]2CCCc3ccccc32)ccc1OC. The first kappa shape index (κ1) is 16.3. The molecule has 0 spiro atoms. The topological polar surface area (TPSA) is 38.3 Å². The molecule has 3 heteroatoms. The summed E-state index contributed by atoms with van der Waals surface area (Å²) in [6, 6.07) is 14.0. The zero-order chi connectivity index (χ0) is 16.9. The second kappa shape index (κ2) is 7.35. The van der Waals surface area contributed by atoms with Crippen LogP contribution in [-0.4, -0.2) is 13.0 Å². The molecule has 0 aromatic heterocycles. The van der Waals surface area contributed by atoms with Crippen LogP contribution in [0.3, 0.4) is 0 Å². The van der Waals surface area contributed by atoms with E-state index in [1.54, 1.807) is 7.11 Å². The van der Waals surface area contributed by atoms with Gasteiger partial charge in [-0.2, -0.15) is 0 Å². The molecule has 0 fully saturated rings. The first-order valence-electron chi connectivity index (χ1n) is 8.39. The average Bonchev–Trinajstić information content (AvgIpc) is 2.62. The van der Waals surface area contributed by atoms with Gasteiger partial charge in [-0.3, -0.25) is 4.79 Å². The van der Waals surface area contributed by atoms with Gasteiger partial charge in [-0.05, 0) is 60.6 Å². The molecule has 0 saturated heterocycles. The molecule has 3 nitrogen and oxygen atoms in total. The highest BCUT2D eigenvalue weighted by molar-refractivity contribution is 5.95. The summed E-state index contributed by atoms with van der Waals surface area (Å²) in [5, 5.41) is 3.19. The van der Waals surface area contributed by atoms with Gasteiger partial charge in [-0.15, -0.1) is 6.58 Å². The first-order chi connectivity index (χ1) is 11.7. The van der Waals surface area contributed by atoms with Crippen molar-refractivity contribution in [3.63, 3.8) is 0 Å². The lowest BCUT2D eigenvalue weighted by Gasteiger charge is -2.26. The van der Waals surface area contributed by atoms with Crippen LogP contribution in [0.15, 0.2) is 55.1 Å². The van der Waals surface area contributed by atoms with Crippen LogP contribution in [-0.2, 0) is 12.8 Å². The summed E-state index contributed by atoms with van der Waals surface area (Å²) in [6.07, 6.45) is 5.67. The molecule has 24 heavy (non-hydrogen) atoms. The zero-order valence-corrected chi connectivity index (χ0v) is 14.0. The Bertz CT molecular complexity index is 751. The number of nitrogens with one attached hydrogen (secondary N) is 1. The quantitative estimate of drug-likeness (QED) is 0.837. The van der Waals surface area contributed by atoms with E-state index in [9.17, 15) is 4.79 Å². The molecule has 1 aliphatic rings. The standard InChI is InChI=1S/C21H23NO2/c1-3-7-16-14-17(12-13-20(16)24-2)21(23)22-19-11-6-9-15-8-4-5-10-18(15)19/h3-5,8,10,12-14,19H,1,6-7,9,11H2,2H3,(H,22,23)/t19-/m0/s1. The minimum atomic E-state index is -0.0373. The van der Waals surface area contributed by atoms with Crippen molar-refractivity contribution in [3.8, 4) is 5.75 Å². The van der Waals surface area contributed by atoms with E-state index in [0.717, 1.165) is 30.6 Å². The van der Waals surface area contributed by atoms with Gasteiger partial charge >= 0.3 is 0 Å². The van der Waals surface area contributed by atoms with Gasteiger partial charge in [0.2, 0.25) is 0 Å². The molecule has 3 rings (SSSR count). The van der Waals surface area contributed by atoms with E-state index in [2.05, 4.69) is 30.1 Å². The number of fused-ring (bicyclic) bond motifs is 1. The summed E-state index contributed by atoms with van der Waals surface area (Å²) in [7, 11) is 1.64. The maximum absolute atomic E-state index is 12.7. The molecule has 0 radical (unpaired) electrons. The van der Waals surface area contributed by atoms with E-state index in [1.807, 2.05) is 30.3 Å². The third-order valence-corrected chi connectivity index (χ3v) is 4.58. The van der Waals surface area contributed by atoms with Crippen LogP contribution in [0, 0.1) is 0 Å². The van der Waals surface area contributed by atoms with E-state index in [1.165, 1.54) is 11.1 Å². The number of rotatable bonds is 5. The Kier molecular flexibility index (Phi) is 4.99. The van der Waals surface area contributed by atoms with Gasteiger partial charge in [0.05, 0.1) is 13.2 Å². The maximum atomic E-state index is 12.7. The molecule has 1 N–H and O–H groups in total. The van der Waals surface area contributed by atoms with Crippen molar-refractivity contribution in [1.82, 2.24) is 5.32 Å². The largest absolute Gasteiger partial charge is 0.496 e. The average molecular weight is 321 g/mol. The number of methoxy groups -OCH3 is 1. The van der Waals surface area contributed by atoms with E-state index in [4.69, 9.17) is 4.74 Å². The van der Waals surface area contributed by atoms with Crippen LogP contribution in [0.25, 0.3) is 0 Å². The second-order valence-corrected chi connectivity index (χ2v) is 6.14. The van der Waals surface area contributed by atoms with E-state index < -0.39 is 0 Å². The van der Waals surface area contributed by atoms with Crippen LogP contribution < -0.4 is 10.1 Å². The van der Waals surface area contributed by atoms with Crippen LogP contribution in [0.5, 0.6) is 5.75 Å². The van der Waals surface area contributed by atoms with E-state index in [-0.39, 0.29) is 11.9 Å². The number of carbonyl (C=O) groups is 1. The van der Waals surface area contributed by atoms with Gasteiger partial charge in [0, 0.05) is 5.56 Å². The fourth-order valence-corrected chi connectivity index (χ4v) is 3.38. The van der Waals surface area contributed by atoms with Gasteiger partial charge < -0.3 is 10.1 Å². The number of aryl methyl sites for hydroxylation is 1. The molecule has 1 atom stereocenters. The molecule has 0 bridgehead atoms. The second-order valence-electron chi connectivity index (χ2n) is 6.14. The Labute approximate surface area is 143 Å². The molecule has 124 valence electrons. The number of hydrogen-bond donors (Lipinski definition) is 1. The molecule has 0 saturated carbocycles. The van der Waals surface area contributed by atoms with Crippen molar-refractivity contribution in [2.75, 3.05) is 7.11 Å². The molecule has 2 aromatic carbocycles. The predicted octanol–water partition coefficient (Wildman–Crippen LogP) is 4.23.